The molecule has 2 saturated heterocycles. The third-order valence-corrected chi connectivity index (χ3v) is 7.04. The van der Waals surface area contributed by atoms with Crippen molar-refractivity contribution >= 4 is 21.9 Å². The lowest BCUT2D eigenvalue weighted by Crippen LogP contribution is -2.61. The average Bonchev–Trinajstić information content (AvgIpc) is 2.96. The Morgan fingerprint density at radius 2 is 1.59 bits per heavy atom. The SMILES string of the molecule is COc1cc(O[C@@H]2O[C@H](CO[C@@H]3OC[C@@H](O)[C@H](O)[C@H]3O)[C@@H](O)[C@H](O)[C@H]2O)c2c(=O)c3c(OC)c(O)ccc3oc2c1. The highest BCUT2D eigenvalue weighted by molar-refractivity contribution is 5.97. The van der Waals surface area contributed by atoms with E-state index in [0.717, 1.165) is 0 Å². The van der Waals surface area contributed by atoms with Crippen molar-refractivity contribution in [2.45, 2.75) is 55.3 Å². The molecular formula is C26H30O15. The Balaban J connectivity index is 1.47. The van der Waals surface area contributed by atoms with Crippen LogP contribution in [0.3, 0.4) is 0 Å². The minimum Gasteiger partial charge on any atom is -0.504 e. The molecule has 3 aromatic rings. The Morgan fingerprint density at radius 3 is 2.29 bits per heavy atom. The first-order chi connectivity index (χ1) is 19.5. The summed E-state index contributed by atoms with van der Waals surface area (Å²) in [4.78, 5) is 13.6. The minimum atomic E-state index is -1.80. The summed E-state index contributed by atoms with van der Waals surface area (Å²) in [6.45, 7) is -0.829. The number of hydrogen-bond acceptors (Lipinski definition) is 15. The Kier molecular flexibility index (Phi) is 8.24. The molecule has 0 bridgehead atoms. The van der Waals surface area contributed by atoms with Gasteiger partial charge in [-0.15, -0.1) is 0 Å². The highest BCUT2D eigenvalue weighted by atomic mass is 16.7. The maximum Gasteiger partial charge on any atom is 0.229 e. The second-order valence-corrected chi connectivity index (χ2v) is 9.64. The first-order valence-corrected chi connectivity index (χ1v) is 12.5. The second-order valence-electron chi connectivity index (χ2n) is 9.64. The Hall–Kier alpha value is -3.25. The maximum atomic E-state index is 13.6. The third-order valence-electron chi connectivity index (χ3n) is 7.04. The lowest BCUT2D eigenvalue weighted by Gasteiger charge is -2.41. The van der Waals surface area contributed by atoms with Gasteiger partial charge in [-0.25, -0.2) is 0 Å². The third kappa shape index (κ3) is 5.27. The number of phenolic OH excluding ortho intramolecular Hbond substituents is 1. The van der Waals surface area contributed by atoms with E-state index in [9.17, 15) is 40.5 Å². The Morgan fingerprint density at radius 1 is 0.854 bits per heavy atom. The number of rotatable bonds is 7. The van der Waals surface area contributed by atoms with Gasteiger partial charge in [0.1, 0.15) is 76.2 Å². The molecule has 9 atom stereocenters. The van der Waals surface area contributed by atoms with Crippen molar-refractivity contribution in [3.63, 3.8) is 0 Å². The van der Waals surface area contributed by atoms with Crippen LogP contribution in [0.15, 0.2) is 33.5 Å². The molecule has 2 fully saturated rings. The van der Waals surface area contributed by atoms with Gasteiger partial charge in [0.05, 0.1) is 27.4 Å². The van der Waals surface area contributed by atoms with Crippen molar-refractivity contribution < 1.29 is 68.6 Å². The summed E-state index contributed by atoms with van der Waals surface area (Å²) in [5.41, 5.74) is -0.521. The van der Waals surface area contributed by atoms with Crippen LogP contribution in [0.4, 0.5) is 0 Å². The zero-order valence-corrected chi connectivity index (χ0v) is 21.8. The molecule has 0 unspecified atom stereocenters. The molecule has 5 rings (SSSR count). The van der Waals surface area contributed by atoms with E-state index in [-0.39, 0.29) is 51.5 Å². The highest BCUT2D eigenvalue weighted by Crippen LogP contribution is 2.38. The van der Waals surface area contributed by atoms with E-state index >= 15 is 0 Å². The van der Waals surface area contributed by atoms with Crippen LogP contribution in [0.2, 0.25) is 0 Å². The van der Waals surface area contributed by atoms with Gasteiger partial charge in [-0.2, -0.15) is 0 Å². The number of phenols is 1. The zero-order valence-electron chi connectivity index (χ0n) is 21.8. The monoisotopic (exact) mass is 582 g/mol. The second kappa shape index (κ2) is 11.6. The van der Waals surface area contributed by atoms with Crippen LogP contribution in [-0.2, 0) is 14.2 Å². The maximum absolute atomic E-state index is 13.6. The molecule has 7 N–H and O–H groups in total. The molecule has 15 heteroatoms. The normalized spacial score (nSPS) is 32.2. The van der Waals surface area contributed by atoms with Crippen molar-refractivity contribution in [3.05, 3.63) is 34.5 Å². The fraction of sp³-hybridized carbons (Fsp3) is 0.500. The van der Waals surface area contributed by atoms with Gasteiger partial charge in [-0.3, -0.25) is 4.79 Å². The predicted octanol–water partition coefficient (Wildman–Crippen LogP) is -1.69. The summed E-state index contributed by atoms with van der Waals surface area (Å²) in [6.07, 6.45) is -14.2. The van der Waals surface area contributed by atoms with E-state index in [1.165, 1.54) is 38.5 Å². The lowest BCUT2D eigenvalue weighted by molar-refractivity contribution is -0.307. The summed E-state index contributed by atoms with van der Waals surface area (Å²) in [6, 6.07) is 5.43. The summed E-state index contributed by atoms with van der Waals surface area (Å²) >= 11 is 0. The summed E-state index contributed by atoms with van der Waals surface area (Å²) < 4.78 is 38.5. The molecule has 0 aliphatic carbocycles. The summed E-state index contributed by atoms with van der Waals surface area (Å²) in [7, 11) is 2.63. The molecule has 0 saturated carbocycles. The molecular weight excluding hydrogens is 552 g/mol. The van der Waals surface area contributed by atoms with Crippen molar-refractivity contribution in [2.24, 2.45) is 0 Å². The zero-order chi connectivity index (χ0) is 29.6. The van der Waals surface area contributed by atoms with Gasteiger partial charge in [-0.1, -0.05) is 0 Å². The molecule has 2 aliphatic heterocycles. The first-order valence-electron chi connectivity index (χ1n) is 12.5. The molecule has 1 aromatic heterocycles. The number of methoxy groups -OCH3 is 2. The first kappa shape index (κ1) is 29.2. The number of ether oxygens (including phenoxy) is 6. The van der Waals surface area contributed by atoms with E-state index in [1.54, 1.807) is 0 Å². The van der Waals surface area contributed by atoms with E-state index < -0.39 is 67.3 Å². The van der Waals surface area contributed by atoms with Gasteiger partial charge in [0.2, 0.25) is 11.7 Å². The molecule has 15 nitrogen and oxygen atoms in total. The highest BCUT2D eigenvalue weighted by Gasteiger charge is 2.46. The topological polar surface area (TPSA) is 227 Å². The van der Waals surface area contributed by atoms with Crippen molar-refractivity contribution in [2.75, 3.05) is 27.4 Å². The lowest BCUT2D eigenvalue weighted by atomic mass is 9.99. The number of aromatic hydroxyl groups is 1. The fourth-order valence-electron chi connectivity index (χ4n) is 4.78. The molecule has 2 aliphatic rings. The number of aliphatic hydroxyl groups excluding tert-OH is 6. The summed E-state index contributed by atoms with van der Waals surface area (Å²) in [5, 5.41) is 71.2. The standard InChI is InChI=1S/C26H30O15/c1-35-9-5-13-16(20(31)17-12(39-13)4-3-10(27)24(17)36-2)14(6-9)40-26-23(34)21(32)19(30)15(41-26)8-38-25-22(33)18(29)11(28)7-37-25/h3-6,11,15,18-19,21-23,25-30,32-34H,7-8H2,1-2H3/t11-,15-,18+,19-,21+,22-,23-,25+,26-/m1/s1. The van der Waals surface area contributed by atoms with Gasteiger partial charge < -0.3 is 68.6 Å². The Bertz CT molecular complexity index is 1460. The number of hydrogen-bond donors (Lipinski definition) is 7. The smallest absolute Gasteiger partial charge is 0.229 e. The number of fused-ring (bicyclic) bond motifs is 2. The largest absolute Gasteiger partial charge is 0.504 e. The molecule has 0 amide bonds. The molecule has 0 spiro atoms. The van der Waals surface area contributed by atoms with Crippen LogP contribution >= 0.6 is 0 Å². The molecule has 2 aromatic carbocycles. The van der Waals surface area contributed by atoms with Gasteiger partial charge >= 0.3 is 0 Å². The van der Waals surface area contributed by atoms with Gasteiger partial charge in [0.15, 0.2) is 17.8 Å². The van der Waals surface area contributed by atoms with Crippen LogP contribution in [0, 0.1) is 0 Å². The van der Waals surface area contributed by atoms with E-state index in [1.807, 2.05) is 0 Å². The van der Waals surface area contributed by atoms with Crippen molar-refractivity contribution in [1.29, 1.82) is 0 Å². The molecule has 3 heterocycles. The predicted molar refractivity (Wildman–Crippen MR) is 136 cm³/mol. The molecule has 0 radical (unpaired) electrons. The number of benzene rings is 2. The van der Waals surface area contributed by atoms with E-state index in [4.69, 9.17) is 32.8 Å². The van der Waals surface area contributed by atoms with Gasteiger partial charge in [0, 0.05) is 12.1 Å². The quantitative estimate of drug-likeness (QED) is 0.154. The van der Waals surface area contributed by atoms with Gasteiger partial charge in [-0.05, 0) is 12.1 Å². The fourth-order valence-corrected chi connectivity index (χ4v) is 4.78. The minimum absolute atomic E-state index is 0.0274. The van der Waals surface area contributed by atoms with E-state index in [0.29, 0.717) is 0 Å². The van der Waals surface area contributed by atoms with Crippen LogP contribution in [0.25, 0.3) is 21.9 Å². The summed E-state index contributed by atoms with van der Waals surface area (Å²) in [5.74, 6) is -0.413. The molecule has 41 heavy (non-hydrogen) atoms. The van der Waals surface area contributed by atoms with Crippen LogP contribution in [-0.4, -0.2) is 118 Å². The Labute approximate surface area is 231 Å². The molecule has 224 valence electrons. The van der Waals surface area contributed by atoms with Gasteiger partial charge in [0.25, 0.3) is 0 Å². The van der Waals surface area contributed by atoms with Crippen molar-refractivity contribution in [1.82, 2.24) is 0 Å². The van der Waals surface area contributed by atoms with Crippen LogP contribution in [0.5, 0.6) is 23.0 Å². The van der Waals surface area contributed by atoms with E-state index in [2.05, 4.69) is 0 Å². The number of aliphatic hydroxyl groups is 6. The van der Waals surface area contributed by atoms with Crippen LogP contribution < -0.4 is 19.6 Å². The van der Waals surface area contributed by atoms with Crippen molar-refractivity contribution in [3.8, 4) is 23.0 Å². The van der Waals surface area contributed by atoms with Crippen LogP contribution in [0.1, 0.15) is 0 Å². The average molecular weight is 583 g/mol.